The number of Topliss-reactive ketones (excluding diaryl/α,β-unsaturated/α-hetero) is 1. The zero-order valence-corrected chi connectivity index (χ0v) is 8.59. The Labute approximate surface area is 86.6 Å². The van der Waals surface area contributed by atoms with Gasteiger partial charge in [-0.25, -0.2) is 0 Å². The number of ketones is 1. The molecule has 3 nitrogen and oxygen atoms in total. The molecule has 0 aliphatic rings. The van der Waals surface area contributed by atoms with Crippen molar-refractivity contribution in [3.8, 4) is 5.75 Å². The first-order valence-corrected chi connectivity index (χ1v) is 4.32. The maximum Gasteiger partial charge on any atom is 0.162 e. The first-order valence-electron chi connectivity index (χ1n) is 3.94. The Bertz CT molecular complexity index is 385. The van der Waals surface area contributed by atoms with Crippen LogP contribution in [0.15, 0.2) is 12.1 Å². The summed E-state index contributed by atoms with van der Waals surface area (Å²) in [5.41, 5.74) is 0.490. The number of rotatable bonds is 3. The molecule has 0 saturated carbocycles. The normalized spacial score (nSPS) is 9.64. The number of aldehydes is 1. The summed E-state index contributed by atoms with van der Waals surface area (Å²) in [6.45, 7) is 1.35. The van der Waals surface area contributed by atoms with E-state index in [0.29, 0.717) is 12.0 Å². The Morgan fingerprint density at radius 2 is 2.14 bits per heavy atom. The molecule has 0 spiro atoms. The van der Waals surface area contributed by atoms with E-state index in [1.807, 2.05) is 0 Å². The van der Waals surface area contributed by atoms with Crippen LogP contribution in [0, 0.1) is 0 Å². The van der Waals surface area contributed by atoms with Crippen LogP contribution in [0.25, 0.3) is 0 Å². The third kappa shape index (κ3) is 1.77. The Morgan fingerprint density at radius 1 is 1.50 bits per heavy atom. The number of hydrogen-bond acceptors (Lipinski definition) is 3. The van der Waals surface area contributed by atoms with Crippen LogP contribution in [0.4, 0.5) is 0 Å². The molecule has 0 N–H and O–H groups in total. The molecule has 0 radical (unpaired) electrons. The fraction of sp³-hybridized carbons (Fsp3) is 0.200. The third-order valence-corrected chi connectivity index (χ3v) is 2.21. The number of hydrogen-bond donors (Lipinski definition) is 0. The summed E-state index contributed by atoms with van der Waals surface area (Å²) in [5, 5.41) is 0.185. The van der Waals surface area contributed by atoms with E-state index in [1.165, 1.54) is 20.1 Å². The van der Waals surface area contributed by atoms with Crippen molar-refractivity contribution in [3.05, 3.63) is 28.3 Å². The minimum Gasteiger partial charge on any atom is -0.495 e. The van der Waals surface area contributed by atoms with Gasteiger partial charge in [0.15, 0.2) is 12.1 Å². The Kier molecular flexibility index (Phi) is 3.25. The largest absolute Gasteiger partial charge is 0.495 e. The van der Waals surface area contributed by atoms with Gasteiger partial charge in [0.2, 0.25) is 0 Å². The molecule has 0 heterocycles. The van der Waals surface area contributed by atoms with Gasteiger partial charge >= 0.3 is 0 Å². The molecule has 0 aromatic heterocycles. The number of carbonyl (C=O) groups is 2. The van der Waals surface area contributed by atoms with E-state index < -0.39 is 0 Å². The molecule has 0 saturated heterocycles. The summed E-state index contributed by atoms with van der Waals surface area (Å²) < 4.78 is 4.94. The van der Waals surface area contributed by atoms with Crippen LogP contribution >= 0.6 is 11.6 Å². The van der Waals surface area contributed by atoms with E-state index in [4.69, 9.17) is 16.3 Å². The first-order chi connectivity index (χ1) is 6.61. The van der Waals surface area contributed by atoms with Gasteiger partial charge in [-0.1, -0.05) is 11.6 Å². The molecule has 1 aromatic carbocycles. The SMILES string of the molecule is COc1ccc(C=O)c(C(C)=O)c1Cl. The Morgan fingerprint density at radius 3 is 2.57 bits per heavy atom. The summed E-state index contributed by atoms with van der Waals surface area (Å²) >= 11 is 5.88. The topological polar surface area (TPSA) is 43.4 Å². The van der Waals surface area contributed by atoms with Crippen molar-refractivity contribution in [1.29, 1.82) is 0 Å². The van der Waals surface area contributed by atoms with Crippen molar-refractivity contribution in [3.63, 3.8) is 0 Å². The molecule has 0 amide bonds. The molecule has 1 aromatic rings. The predicted molar refractivity (Wildman–Crippen MR) is 53.4 cm³/mol. The van der Waals surface area contributed by atoms with Crippen LogP contribution in [-0.2, 0) is 0 Å². The third-order valence-electron chi connectivity index (χ3n) is 1.84. The zero-order valence-electron chi connectivity index (χ0n) is 7.83. The minimum atomic E-state index is -0.254. The zero-order chi connectivity index (χ0) is 10.7. The number of carbonyl (C=O) groups excluding carboxylic acids is 2. The average molecular weight is 213 g/mol. The molecular formula is C10H9ClO3. The highest BCUT2D eigenvalue weighted by molar-refractivity contribution is 6.36. The van der Waals surface area contributed by atoms with Gasteiger partial charge in [-0.3, -0.25) is 9.59 Å². The molecule has 4 heteroatoms. The second kappa shape index (κ2) is 4.24. The molecule has 0 atom stereocenters. The lowest BCUT2D eigenvalue weighted by Gasteiger charge is -2.08. The summed E-state index contributed by atoms with van der Waals surface area (Å²) in [7, 11) is 1.45. The summed E-state index contributed by atoms with van der Waals surface area (Å²) in [6.07, 6.45) is 0.599. The van der Waals surface area contributed by atoms with Gasteiger partial charge in [0.05, 0.1) is 17.7 Å². The van der Waals surface area contributed by atoms with Gasteiger partial charge in [-0.2, -0.15) is 0 Å². The lowest BCUT2D eigenvalue weighted by atomic mass is 10.0. The molecule has 0 aliphatic carbocycles. The highest BCUT2D eigenvalue weighted by atomic mass is 35.5. The first kappa shape index (κ1) is 10.7. The summed E-state index contributed by atoms with van der Waals surface area (Å²) in [4.78, 5) is 21.8. The fourth-order valence-corrected chi connectivity index (χ4v) is 1.57. The van der Waals surface area contributed by atoms with Crippen molar-refractivity contribution in [2.75, 3.05) is 7.11 Å². The Balaban J connectivity index is 3.46. The van der Waals surface area contributed by atoms with Crippen LogP contribution < -0.4 is 4.74 Å². The lowest BCUT2D eigenvalue weighted by molar-refractivity contribution is 0.100. The van der Waals surface area contributed by atoms with Gasteiger partial charge in [0, 0.05) is 5.56 Å². The fourth-order valence-electron chi connectivity index (χ4n) is 1.19. The second-order valence-corrected chi connectivity index (χ2v) is 3.10. The number of benzene rings is 1. The van der Waals surface area contributed by atoms with Crippen molar-refractivity contribution in [2.45, 2.75) is 6.92 Å². The van der Waals surface area contributed by atoms with Crippen LogP contribution in [0.2, 0.25) is 5.02 Å². The maximum atomic E-state index is 11.2. The highest BCUT2D eigenvalue weighted by Gasteiger charge is 2.15. The Hall–Kier alpha value is -1.35. The maximum absolute atomic E-state index is 11.2. The van der Waals surface area contributed by atoms with Crippen LogP contribution in [0.5, 0.6) is 5.75 Å². The van der Waals surface area contributed by atoms with Gasteiger partial charge in [-0.15, -0.1) is 0 Å². The van der Waals surface area contributed by atoms with E-state index in [9.17, 15) is 9.59 Å². The number of methoxy groups -OCH3 is 1. The number of halogens is 1. The monoisotopic (exact) mass is 212 g/mol. The molecule has 0 aliphatic heterocycles. The summed E-state index contributed by atoms with van der Waals surface area (Å²) in [6, 6.07) is 3.06. The number of ether oxygens (including phenoxy) is 1. The molecule has 1 rings (SSSR count). The molecule has 0 bridgehead atoms. The van der Waals surface area contributed by atoms with Gasteiger partial charge in [-0.05, 0) is 19.1 Å². The van der Waals surface area contributed by atoms with Gasteiger partial charge in [0.25, 0.3) is 0 Å². The minimum absolute atomic E-state index is 0.185. The van der Waals surface area contributed by atoms with E-state index in [1.54, 1.807) is 6.07 Å². The van der Waals surface area contributed by atoms with Crippen molar-refractivity contribution < 1.29 is 14.3 Å². The van der Waals surface area contributed by atoms with Crippen LogP contribution in [0.3, 0.4) is 0 Å². The van der Waals surface area contributed by atoms with Gasteiger partial charge < -0.3 is 4.74 Å². The second-order valence-electron chi connectivity index (χ2n) is 2.72. The summed E-state index contributed by atoms with van der Waals surface area (Å²) in [5.74, 6) is 0.137. The van der Waals surface area contributed by atoms with E-state index in [-0.39, 0.29) is 21.9 Å². The van der Waals surface area contributed by atoms with E-state index >= 15 is 0 Å². The predicted octanol–water partition coefficient (Wildman–Crippen LogP) is 2.36. The molecular weight excluding hydrogens is 204 g/mol. The molecule has 74 valence electrons. The van der Waals surface area contributed by atoms with Crippen molar-refractivity contribution in [1.82, 2.24) is 0 Å². The molecule has 0 fully saturated rings. The standard InChI is InChI=1S/C10H9ClO3/c1-6(13)9-7(5-12)3-4-8(14-2)10(9)11/h3-5H,1-2H3. The quantitative estimate of drug-likeness (QED) is 0.571. The van der Waals surface area contributed by atoms with Crippen molar-refractivity contribution in [2.24, 2.45) is 0 Å². The molecule has 14 heavy (non-hydrogen) atoms. The van der Waals surface area contributed by atoms with Crippen LogP contribution in [-0.4, -0.2) is 19.2 Å². The van der Waals surface area contributed by atoms with Gasteiger partial charge in [0.1, 0.15) is 5.75 Å². The van der Waals surface area contributed by atoms with Crippen LogP contribution in [0.1, 0.15) is 27.6 Å². The molecule has 0 unspecified atom stereocenters. The average Bonchev–Trinajstić information content (AvgIpc) is 2.16. The smallest absolute Gasteiger partial charge is 0.162 e. The van der Waals surface area contributed by atoms with Crippen molar-refractivity contribution >= 4 is 23.7 Å². The lowest BCUT2D eigenvalue weighted by Crippen LogP contribution is -2.01. The van der Waals surface area contributed by atoms with E-state index in [2.05, 4.69) is 0 Å². The van der Waals surface area contributed by atoms with E-state index in [0.717, 1.165) is 0 Å². The highest BCUT2D eigenvalue weighted by Crippen LogP contribution is 2.30.